The highest BCUT2D eigenvalue weighted by atomic mass is 16.5. The molecule has 1 aromatic carbocycles. The summed E-state index contributed by atoms with van der Waals surface area (Å²) in [6, 6.07) is 7.86. The first kappa shape index (κ1) is 10.0. The molecule has 2 atom stereocenters. The Labute approximate surface area is 89.4 Å². The highest BCUT2D eigenvalue weighted by Gasteiger charge is 2.30. The molecule has 80 valence electrons. The molecule has 1 heterocycles. The van der Waals surface area contributed by atoms with Crippen molar-refractivity contribution in [1.82, 2.24) is 0 Å². The maximum absolute atomic E-state index is 11.5. The molecule has 0 saturated heterocycles. The Hall–Kier alpha value is -1.51. The number of esters is 1. The van der Waals surface area contributed by atoms with Crippen LogP contribution in [0.4, 0.5) is 5.69 Å². The maximum Gasteiger partial charge on any atom is 0.328 e. The predicted octanol–water partition coefficient (Wildman–Crippen LogP) is 1.83. The number of hydrogen-bond acceptors (Lipinski definition) is 3. The van der Waals surface area contributed by atoms with Gasteiger partial charge in [0.2, 0.25) is 0 Å². The Morgan fingerprint density at radius 2 is 2.20 bits per heavy atom. The summed E-state index contributed by atoms with van der Waals surface area (Å²) >= 11 is 0. The average molecular weight is 205 g/mol. The molecule has 0 aliphatic carbocycles. The summed E-state index contributed by atoms with van der Waals surface area (Å²) in [5, 5.41) is 3.22. The lowest BCUT2D eigenvalue weighted by molar-refractivity contribution is -0.142. The molecule has 3 heteroatoms. The normalized spacial score (nSPS) is 23.9. The predicted molar refractivity (Wildman–Crippen MR) is 58.7 cm³/mol. The second-order valence-electron chi connectivity index (χ2n) is 3.98. The molecule has 15 heavy (non-hydrogen) atoms. The third-order valence-electron chi connectivity index (χ3n) is 2.89. The van der Waals surface area contributed by atoms with Crippen LogP contribution >= 0.6 is 0 Å². The number of fused-ring (bicyclic) bond motifs is 1. The van der Waals surface area contributed by atoms with Crippen LogP contribution in [-0.4, -0.2) is 19.1 Å². The summed E-state index contributed by atoms with van der Waals surface area (Å²) in [5.74, 6) is 0.0874. The summed E-state index contributed by atoms with van der Waals surface area (Å²) in [5.41, 5.74) is 2.32. The Morgan fingerprint density at radius 1 is 1.47 bits per heavy atom. The standard InChI is InChI=1S/C12H15NO2/c1-8-7-9-5-3-4-6-10(9)13-11(8)12(14)15-2/h3-6,8,11,13H,7H2,1-2H3/t8-,11-/m0/s1. The Bertz CT molecular complexity index is 376. The van der Waals surface area contributed by atoms with Crippen molar-refractivity contribution in [2.24, 2.45) is 5.92 Å². The number of carbonyl (C=O) groups excluding carboxylic acids is 1. The third kappa shape index (κ3) is 1.82. The lowest BCUT2D eigenvalue weighted by Crippen LogP contribution is -2.40. The van der Waals surface area contributed by atoms with Gasteiger partial charge in [-0.1, -0.05) is 25.1 Å². The largest absolute Gasteiger partial charge is 0.467 e. The van der Waals surface area contributed by atoms with Gasteiger partial charge in [-0.05, 0) is 24.0 Å². The lowest BCUT2D eigenvalue weighted by Gasteiger charge is -2.30. The van der Waals surface area contributed by atoms with E-state index in [1.165, 1.54) is 12.7 Å². The van der Waals surface area contributed by atoms with Crippen LogP contribution in [0, 0.1) is 5.92 Å². The number of carbonyl (C=O) groups is 1. The van der Waals surface area contributed by atoms with E-state index >= 15 is 0 Å². The van der Waals surface area contributed by atoms with Crippen LogP contribution in [0.3, 0.4) is 0 Å². The first-order valence-corrected chi connectivity index (χ1v) is 5.14. The molecule has 0 unspecified atom stereocenters. The van der Waals surface area contributed by atoms with E-state index in [2.05, 4.69) is 18.3 Å². The highest BCUT2D eigenvalue weighted by molar-refractivity contribution is 5.81. The number of rotatable bonds is 1. The summed E-state index contributed by atoms with van der Waals surface area (Å²) in [7, 11) is 1.43. The van der Waals surface area contributed by atoms with E-state index < -0.39 is 0 Å². The van der Waals surface area contributed by atoms with Gasteiger partial charge in [-0.15, -0.1) is 0 Å². The zero-order valence-corrected chi connectivity index (χ0v) is 8.99. The van der Waals surface area contributed by atoms with Gasteiger partial charge in [-0.2, -0.15) is 0 Å². The smallest absolute Gasteiger partial charge is 0.328 e. The average Bonchev–Trinajstić information content (AvgIpc) is 2.27. The van der Waals surface area contributed by atoms with Gasteiger partial charge in [-0.25, -0.2) is 4.79 Å². The van der Waals surface area contributed by atoms with Crippen molar-refractivity contribution >= 4 is 11.7 Å². The monoisotopic (exact) mass is 205 g/mol. The molecule has 0 aromatic heterocycles. The van der Waals surface area contributed by atoms with E-state index in [0.717, 1.165) is 12.1 Å². The Balaban J connectivity index is 2.25. The van der Waals surface area contributed by atoms with Crippen molar-refractivity contribution in [3.8, 4) is 0 Å². The molecule has 0 spiro atoms. The Morgan fingerprint density at radius 3 is 2.93 bits per heavy atom. The summed E-state index contributed by atoms with van der Waals surface area (Å²) < 4.78 is 4.77. The second-order valence-corrected chi connectivity index (χ2v) is 3.98. The van der Waals surface area contributed by atoms with Gasteiger partial charge in [0, 0.05) is 5.69 Å². The molecule has 0 fully saturated rings. The fourth-order valence-corrected chi connectivity index (χ4v) is 2.03. The minimum atomic E-state index is -0.218. The van der Waals surface area contributed by atoms with E-state index in [0.29, 0.717) is 0 Å². The van der Waals surface area contributed by atoms with E-state index in [1.54, 1.807) is 0 Å². The Kier molecular flexibility index (Phi) is 2.62. The number of anilines is 1. The zero-order chi connectivity index (χ0) is 10.8. The molecule has 0 saturated carbocycles. The number of benzene rings is 1. The van der Waals surface area contributed by atoms with E-state index in [9.17, 15) is 4.79 Å². The van der Waals surface area contributed by atoms with Crippen molar-refractivity contribution < 1.29 is 9.53 Å². The van der Waals surface area contributed by atoms with Gasteiger partial charge >= 0.3 is 5.97 Å². The summed E-state index contributed by atoms with van der Waals surface area (Å²) in [6.07, 6.45) is 0.920. The summed E-state index contributed by atoms with van der Waals surface area (Å²) in [6.45, 7) is 2.06. The maximum atomic E-state index is 11.5. The minimum Gasteiger partial charge on any atom is -0.467 e. The van der Waals surface area contributed by atoms with Crippen LogP contribution in [0.15, 0.2) is 24.3 Å². The minimum absolute atomic E-state index is 0.183. The fraction of sp³-hybridized carbons (Fsp3) is 0.417. The SMILES string of the molecule is COC(=O)[C@H]1Nc2ccccc2C[C@@H]1C. The quantitative estimate of drug-likeness (QED) is 0.711. The van der Waals surface area contributed by atoms with Crippen LogP contribution < -0.4 is 5.32 Å². The van der Waals surface area contributed by atoms with Crippen LogP contribution in [0.25, 0.3) is 0 Å². The van der Waals surface area contributed by atoms with E-state index in [-0.39, 0.29) is 17.9 Å². The molecule has 0 amide bonds. The first-order valence-electron chi connectivity index (χ1n) is 5.14. The van der Waals surface area contributed by atoms with Crippen LogP contribution in [0.5, 0.6) is 0 Å². The van der Waals surface area contributed by atoms with Gasteiger partial charge in [0.1, 0.15) is 6.04 Å². The van der Waals surface area contributed by atoms with Crippen molar-refractivity contribution in [1.29, 1.82) is 0 Å². The topological polar surface area (TPSA) is 38.3 Å². The number of para-hydroxylation sites is 1. The number of nitrogens with one attached hydrogen (secondary N) is 1. The van der Waals surface area contributed by atoms with Crippen molar-refractivity contribution in [3.05, 3.63) is 29.8 Å². The van der Waals surface area contributed by atoms with Gasteiger partial charge in [0.05, 0.1) is 7.11 Å². The number of ether oxygens (including phenoxy) is 1. The second kappa shape index (κ2) is 3.93. The molecule has 1 aliphatic rings. The van der Waals surface area contributed by atoms with Crippen LogP contribution in [0.2, 0.25) is 0 Å². The third-order valence-corrected chi connectivity index (χ3v) is 2.89. The lowest BCUT2D eigenvalue weighted by atomic mass is 9.89. The fourth-order valence-electron chi connectivity index (χ4n) is 2.03. The van der Waals surface area contributed by atoms with Crippen molar-refractivity contribution in [2.75, 3.05) is 12.4 Å². The molecular formula is C12H15NO2. The van der Waals surface area contributed by atoms with Crippen molar-refractivity contribution in [2.45, 2.75) is 19.4 Å². The molecule has 2 rings (SSSR count). The highest BCUT2D eigenvalue weighted by Crippen LogP contribution is 2.28. The summed E-state index contributed by atoms with van der Waals surface area (Å²) in [4.78, 5) is 11.5. The van der Waals surface area contributed by atoms with Gasteiger partial charge in [0.15, 0.2) is 0 Å². The van der Waals surface area contributed by atoms with Crippen molar-refractivity contribution in [3.63, 3.8) is 0 Å². The molecule has 1 aliphatic heterocycles. The molecule has 3 nitrogen and oxygen atoms in total. The van der Waals surface area contributed by atoms with Crippen LogP contribution in [-0.2, 0) is 16.0 Å². The first-order chi connectivity index (χ1) is 7.22. The van der Waals surface area contributed by atoms with Gasteiger partial charge < -0.3 is 10.1 Å². The molecule has 0 bridgehead atoms. The molecular weight excluding hydrogens is 190 g/mol. The molecule has 0 radical (unpaired) electrons. The molecule has 1 aromatic rings. The van der Waals surface area contributed by atoms with Crippen LogP contribution in [0.1, 0.15) is 12.5 Å². The zero-order valence-electron chi connectivity index (χ0n) is 8.99. The number of hydrogen-bond donors (Lipinski definition) is 1. The van der Waals surface area contributed by atoms with E-state index in [1.807, 2.05) is 18.2 Å². The number of methoxy groups -OCH3 is 1. The van der Waals surface area contributed by atoms with Gasteiger partial charge in [-0.3, -0.25) is 0 Å². The van der Waals surface area contributed by atoms with Gasteiger partial charge in [0.25, 0.3) is 0 Å². The molecule has 1 N–H and O–H groups in total. The van der Waals surface area contributed by atoms with E-state index in [4.69, 9.17) is 4.74 Å².